The van der Waals surface area contributed by atoms with Gasteiger partial charge in [-0.1, -0.05) is 24.6 Å². The summed E-state index contributed by atoms with van der Waals surface area (Å²) in [7, 11) is 0. The van der Waals surface area contributed by atoms with Crippen LogP contribution in [0.25, 0.3) is 10.9 Å². The van der Waals surface area contributed by atoms with Crippen molar-refractivity contribution < 1.29 is 14.4 Å². The Balaban J connectivity index is 1.19. The molecule has 2 bridgehead atoms. The Morgan fingerprint density at radius 3 is 2.83 bits per heavy atom. The number of imide groups is 1. The first-order chi connectivity index (χ1) is 14.5. The van der Waals surface area contributed by atoms with Crippen LogP contribution in [0.4, 0.5) is 4.79 Å². The van der Waals surface area contributed by atoms with Gasteiger partial charge in [-0.15, -0.1) is 0 Å². The predicted molar refractivity (Wildman–Crippen MR) is 113 cm³/mol. The third-order valence-electron chi connectivity index (χ3n) is 7.33. The number of aromatic nitrogens is 1. The molecule has 158 valence electrons. The van der Waals surface area contributed by atoms with Crippen LogP contribution in [-0.4, -0.2) is 46.4 Å². The van der Waals surface area contributed by atoms with Gasteiger partial charge in [0.05, 0.1) is 0 Å². The average molecular weight is 409 g/mol. The molecule has 3 aliphatic rings. The highest BCUT2D eigenvalue weighted by atomic mass is 16.2. The first-order valence-corrected chi connectivity index (χ1v) is 11.0. The van der Waals surface area contributed by atoms with E-state index >= 15 is 0 Å². The van der Waals surface area contributed by atoms with Crippen molar-refractivity contribution in [1.82, 2.24) is 20.5 Å². The molecule has 1 saturated heterocycles. The van der Waals surface area contributed by atoms with Crippen molar-refractivity contribution in [2.24, 2.45) is 17.8 Å². The van der Waals surface area contributed by atoms with E-state index in [9.17, 15) is 14.4 Å². The molecule has 0 radical (unpaired) electrons. The van der Waals surface area contributed by atoms with Gasteiger partial charge in [0.2, 0.25) is 5.91 Å². The van der Waals surface area contributed by atoms with Crippen LogP contribution in [0, 0.1) is 17.8 Å². The molecule has 2 saturated carbocycles. The van der Waals surface area contributed by atoms with E-state index in [2.05, 4.69) is 22.5 Å². The number of aromatic amines is 1. The number of amides is 4. The summed E-state index contributed by atoms with van der Waals surface area (Å²) in [6, 6.07) is 6.80. The maximum Gasteiger partial charge on any atom is 0.325 e. The lowest BCUT2D eigenvalue weighted by molar-refractivity contribution is -0.132. The highest BCUT2D eigenvalue weighted by Crippen LogP contribution is 2.49. The zero-order valence-corrected chi connectivity index (χ0v) is 17.2. The molecule has 7 nitrogen and oxygen atoms in total. The minimum atomic E-state index is -0.646. The highest BCUT2D eigenvalue weighted by molar-refractivity contribution is 6.06. The molecule has 1 aromatic heterocycles. The number of fused-ring (bicyclic) bond motifs is 3. The van der Waals surface area contributed by atoms with Crippen LogP contribution in [0.3, 0.4) is 0 Å². The Kier molecular flexibility index (Phi) is 4.76. The van der Waals surface area contributed by atoms with Gasteiger partial charge in [-0.2, -0.15) is 0 Å². The van der Waals surface area contributed by atoms with Crippen LogP contribution in [0.1, 0.15) is 38.2 Å². The fourth-order valence-corrected chi connectivity index (χ4v) is 5.84. The minimum absolute atomic E-state index is 0.0792. The lowest BCUT2D eigenvalue weighted by Gasteiger charge is -2.29. The van der Waals surface area contributed by atoms with Crippen molar-refractivity contribution in [2.45, 2.75) is 51.1 Å². The average Bonchev–Trinajstić information content (AvgIpc) is 3.50. The van der Waals surface area contributed by atoms with Crippen LogP contribution in [0.15, 0.2) is 30.5 Å². The zero-order chi connectivity index (χ0) is 20.8. The first kappa shape index (κ1) is 19.2. The molecule has 1 aromatic carbocycles. The fraction of sp³-hybridized carbons (Fsp3) is 0.522. The second-order valence-electron chi connectivity index (χ2n) is 9.18. The van der Waals surface area contributed by atoms with Gasteiger partial charge in [0.1, 0.15) is 12.6 Å². The summed E-state index contributed by atoms with van der Waals surface area (Å²) >= 11 is 0. The zero-order valence-electron chi connectivity index (χ0n) is 17.2. The second kappa shape index (κ2) is 7.45. The molecule has 30 heavy (non-hydrogen) atoms. The van der Waals surface area contributed by atoms with E-state index in [1.807, 2.05) is 30.5 Å². The Morgan fingerprint density at radius 1 is 1.23 bits per heavy atom. The summed E-state index contributed by atoms with van der Waals surface area (Å²) in [5.74, 6) is 1.44. The van der Waals surface area contributed by atoms with Gasteiger partial charge < -0.3 is 15.6 Å². The second-order valence-corrected chi connectivity index (χ2v) is 9.18. The number of rotatable bonds is 6. The SMILES string of the molecule is C[C@H](NC(=O)CN1C(=O)N[C@@H](Cc2c[nH]c3ccccc23)C1=O)[C@@H]1C[C@H]2CC[C@H]1C2. The smallest absolute Gasteiger partial charge is 0.325 e. The molecule has 2 heterocycles. The number of hydrogen-bond acceptors (Lipinski definition) is 3. The predicted octanol–water partition coefficient (Wildman–Crippen LogP) is 2.57. The summed E-state index contributed by atoms with van der Waals surface area (Å²) < 4.78 is 0. The number of carbonyl (C=O) groups is 3. The molecule has 0 spiro atoms. The number of nitrogens with one attached hydrogen (secondary N) is 3. The lowest BCUT2D eigenvalue weighted by Crippen LogP contribution is -2.46. The van der Waals surface area contributed by atoms with E-state index in [0.29, 0.717) is 18.3 Å². The van der Waals surface area contributed by atoms with Crippen LogP contribution in [0.5, 0.6) is 0 Å². The molecule has 5 rings (SSSR count). The van der Waals surface area contributed by atoms with Crippen molar-refractivity contribution in [3.63, 3.8) is 0 Å². The van der Waals surface area contributed by atoms with E-state index in [1.54, 1.807) is 0 Å². The normalized spacial score (nSPS) is 28.9. The van der Waals surface area contributed by atoms with Gasteiger partial charge in [0.25, 0.3) is 5.91 Å². The number of benzene rings is 1. The Hall–Kier alpha value is -2.83. The number of carbonyl (C=O) groups excluding carboxylic acids is 3. The maximum atomic E-state index is 12.8. The number of nitrogens with zero attached hydrogens (tertiary/aromatic N) is 1. The number of hydrogen-bond donors (Lipinski definition) is 3. The van der Waals surface area contributed by atoms with E-state index in [1.165, 1.54) is 25.7 Å². The van der Waals surface area contributed by atoms with E-state index in [-0.39, 0.29) is 24.4 Å². The first-order valence-electron chi connectivity index (χ1n) is 11.0. The lowest BCUT2D eigenvalue weighted by atomic mass is 9.84. The quantitative estimate of drug-likeness (QED) is 0.641. The molecule has 0 unspecified atom stereocenters. The van der Waals surface area contributed by atoms with E-state index in [4.69, 9.17) is 0 Å². The van der Waals surface area contributed by atoms with Crippen LogP contribution in [0.2, 0.25) is 0 Å². The monoisotopic (exact) mass is 408 g/mol. The highest BCUT2D eigenvalue weighted by Gasteiger charge is 2.43. The topological polar surface area (TPSA) is 94.3 Å². The fourth-order valence-electron chi connectivity index (χ4n) is 5.84. The van der Waals surface area contributed by atoms with Gasteiger partial charge in [0.15, 0.2) is 0 Å². The largest absolute Gasteiger partial charge is 0.361 e. The van der Waals surface area contributed by atoms with Gasteiger partial charge in [-0.05, 0) is 55.6 Å². The summed E-state index contributed by atoms with van der Waals surface area (Å²) in [5.41, 5.74) is 1.97. The molecular weight excluding hydrogens is 380 g/mol. The summed E-state index contributed by atoms with van der Waals surface area (Å²) in [5, 5.41) is 6.81. The summed E-state index contributed by atoms with van der Waals surface area (Å²) in [6.07, 6.45) is 7.32. The van der Waals surface area contributed by atoms with Crippen LogP contribution >= 0.6 is 0 Å². The third-order valence-corrected chi connectivity index (χ3v) is 7.33. The van der Waals surface area contributed by atoms with Crippen molar-refractivity contribution in [3.8, 4) is 0 Å². The van der Waals surface area contributed by atoms with E-state index < -0.39 is 12.1 Å². The van der Waals surface area contributed by atoms with Crippen molar-refractivity contribution in [3.05, 3.63) is 36.0 Å². The molecule has 7 heteroatoms. The van der Waals surface area contributed by atoms with Crippen molar-refractivity contribution in [1.29, 1.82) is 0 Å². The molecule has 5 atom stereocenters. The summed E-state index contributed by atoms with van der Waals surface area (Å²) in [6.45, 7) is 1.83. The molecule has 3 fully saturated rings. The van der Waals surface area contributed by atoms with Gasteiger partial charge in [0, 0.05) is 29.6 Å². The van der Waals surface area contributed by atoms with Gasteiger partial charge in [-0.25, -0.2) is 4.79 Å². The van der Waals surface area contributed by atoms with Gasteiger partial charge >= 0.3 is 6.03 Å². The maximum absolute atomic E-state index is 12.8. The number of para-hydroxylation sites is 1. The number of urea groups is 1. The molecule has 2 aromatic rings. The van der Waals surface area contributed by atoms with Crippen LogP contribution in [-0.2, 0) is 16.0 Å². The molecule has 3 N–H and O–H groups in total. The Morgan fingerprint density at radius 2 is 2.07 bits per heavy atom. The van der Waals surface area contributed by atoms with Crippen molar-refractivity contribution in [2.75, 3.05) is 6.54 Å². The van der Waals surface area contributed by atoms with Gasteiger partial charge in [-0.3, -0.25) is 14.5 Å². The molecule has 4 amide bonds. The third kappa shape index (κ3) is 3.36. The van der Waals surface area contributed by atoms with Crippen molar-refractivity contribution >= 4 is 28.7 Å². The Labute approximate surface area is 175 Å². The standard InChI is InChI=1S/C23H28N4O3/c1-13(18-9-14-6-7-15(18)8-14)25-21(28)12-27-22(29)20(26-23(27)30)10-16-11-24-19-5-3-2-4-17(16)19/h2-5,11,13-15,18,20,24H,6-10,12H2,1H3,(H,25,28)(H,26,30)/t13-,14-,15-,18-,20-/m0/s1. The molecule has 2 aliphatic carbocycles. The Bertz CT molecular complexity index is 999. The van der Waals surface area contributed by atoms with E-state index in [0.717, 1.165) is 27.3 Å². The summed E-state index contributed by atoms with van der Waals surface area (Å²) in [4.78, 5) is 42.0. The molecule has 1 aliphatic heterocycles. The van der Waals surface area contributed by atoms with Crippen LogP contribution < -0.4 is 10.6 Å². The molecular formula is C23H28N4O3. The minimum Gasteiger partial charge on any atom is -0.361 e. The number of H-pyrrole nitrogens is 1.